The van der Waals surface area contributed by atoms with E-state index < -0.39 is 29.7 Å². The van der Waals surface area contributed by atoms with Gasteiger partial charge in [0.1, 0.15) is 11.3 Å². The fourth-order valence-corrected chi connectivity index (χ4v) is 3.02. The molecular formula is C17H20F4N2O3. The number of hydrogen-bond acceptors (Lipinski definition) is 3. The van der Waals surface area contributed by atoms with E-state index in [1.54, 1.807) is 0 Å². The molecule has 144 valence electrons. The van der Waals surface area contributed by atoms with Crippen molar-refractivity contribution in [2.75, 3.05) is 7.05 Å². The van der Waals surface area contributed by atoms with Gasteiger partial charge in [0, 0.05) is 7.05 Å². The fourth-order valence-electron chi connectivity index (χ4n) is 3.02. The monoisotopic (exact) mass is 376 g/mol. The van der Waals surface area contributed by atoms with Gasteiger partial charge in [-0.05, 0) is 25.0 Å². The highest BCUT2D eigenvalue weighted by Gasteiger charge is 2.45. The van der Waals surface area contributed by atoms with Crippen molar-refractivity contribution in [1.29, 1.82) is 0 Å². The average Bonchev–Trinajstić information content (AvgIpc) is 2.61. The van der Waals surface area contributed by atoms with Crippen LogP contribution in [-0.4, -0.2) is 36.9 Å². The molecule has 5 nitrogen and oxygen atoms in total. The molecule has 1 aromatic rings. The number of likely N-dealkylation sites (N-methyl/N-ethyl adjacent to an activating group) is 1. The summed E-state index contributed by atoms with van der Waals surface area (Å²) >= 11 is 0. The highest BCUT2D eigenvalue weighted by atomic mass is 19.3. The van der Waals surface area contributed by atoms with Crippen LogP contribution in [-0.2, 0) is 4.79 Å². The van der Waals surface area contributed by atoms with Crippen molar-refractivity contribution in [3.63, 3.8) is 0 Å². The minimum atomic E-state index is -4.74. The van der Waals surface area contributed by atoms with Crippen molar-refractivity contribution in [2.45, 2.75) is 50.2 Å². The van der Waals surface area contributed by atoms with E-state index in [1.165, 1.54) is 25.2 Å². The summed E-state index contributed by atoms with van der Waals surface area (Å²) in [6.07, 6.45) is -5.64. The summed E-state index contributed by atoms with van der Waals surface area (Å²) in [4.78, 5) is 24.9. The zero-order valence-electron chi connectivity index (χ0n) is 14.2. The molecule has 0 radical (unpaired) electrons. The zero-order valence-corrected chi connectivity index (χ0v) is 14.2. The molecule has 0 bridgehead atoms. The normalized spacial score (nSPS) is 16.8. The lowest BCUT2D eigenvalue weighted by atomic mass is 9.80. The van der Waals surface area contributed by atoms with E-state index in [-0.39, 0.29) is 11.5 Å². The molecule has 0 aromatic heterocycles. The standard InChI is InChI=1S/C17H20F4N2O3/c1-22-15(25)16(9-5-2-6-10-16)23-13(24)11-7-3-4-8-12(11)26-17(20,21)14(18)19/h3-4,7-8,14H,2,5-6,9-10H2,1H3,(H,22,25)(H,23,24). The molecule has 0 unspecified atom stereocenters. The van der Waals surface area contributed by atoms with Gasteiger partial charge in [-0.15, -0.1) is 0 Å². The number of ether oxygens (including phenoxy) is 1. The Bertz CT molecular complexity index is 661. The van der Waals surface area contributed by atoms with E-state index in [4.69, 9.17) is 0 Å². The van der Waals surface area contributed by atoms with Crippen LogP contribution in [0.25, 0.3) is 0 Å². The van der Waals surface area contributed by atoms with Gasteiger partial charge in [-0.2, -0.15) is 17.6 Å². The Morgan fingerprint density at radius 2 is 1.77 bits per heavy atom. The Kier molecular flexibility index (Phi) is 6.09. The third kappa shape index (κ3) is 4.25. The molecule has 0 heterocycles. The summed E-state index contributed by atoms with van der Waals surface area (Å²) in [6, 6.07) is 4.84. The first-order valence-electron chi connectivity index (χ1n) is 8.20. The summed E-state index contributed by atoms with van der Waals surface area (Å²) in [6.45, 7) is 0. The SMILES string of the molecule is CNC(=O)C1(NC(=O)c2ccccc2OC(F)(F)C(F)F)CCCCC1. The van der Waals surface area contributed by atoms with E-state index in [2.05, 4.69) is 15.4 Å². The maximum absolute atomic E-state index is 13.2. The Morgan fingerprint density at radius 3 is 2.35 bits per heavy atom. The molecule has 1 fully saturated rings. The predicted octanol–water partition coefficient (Wildman–Crippen LogP) is 3.10. The van der Waals surface area contributed by atoms with Crippen molar-refractivity contribution in [1.82, 2.24) is 10.6 Å². The highest BCUT2D eigenvalue weighted by Crippen LogP contribution is 2.32. The largest absolute Gasteiger partial charge is 0.461 e. The molecule has 1 aliphatic rings. The maximum atomic E-state index is 13.2. The topological polar surface area (TPSA) is 67.4 Å². The number of halogens is 4. The minimum Gasteiger partial charge on any atom is -0.427 e. The van der Waals surface area contributed by atoms with E-state index in [1.807, 2.05) is 0 Å². The van der Waals surface area contributed by atoms with Crippen LogP contribution in [0, 0.1) is 0 Å². The van der Waals surface area contributed by atoms with Gasteiger partial charge >= 0.3 is 12.5 Å². The first kappa shape index (κ1) is 20.0. The zero-order chi connectivity index (χ0) is 19.4. The second-order valence-electron chi connectivity index (χ2n) is 6.14. The lowest BCUT2D eigenvalue weighted by molar-refractivity contribution is -0.253. The number of benzene rings is 1. The van der Waals surface area contributed by atoms with Gasteiger partial charge in [0.15, 0.2) is 0 Å². The van der Waals surface area contributed by atoms with Crippen molar-refractivity contribution in [2.24, 2.45) is 0 Å². The number of para-hydroxylation sites is 1. The predicted molar refractivity (Wildman–Crippen MR) is 85.4 cm³/mol. The Morgan fingerprint density at radius 1 is 1.15 bits per heavy atom. The summed E-state index contributed by atoms with van der Waals surface area (Å²) in [5, 5.41) is 5.09. The number of hydrogen-bond donors (Lipinski definition) is 2. The quantitative estimate of drug-likeness (QED) is 0.750. The second-order valence-corrected chi connectivity index (χ2v) is 6.14. The van der Waals surface area contributed by atoms with Gasteiger partial charge in [0.25, 0.3) is 5.91 Å². The fraction of sp³-hybridized carbons (Fsp3) is 0.529. The van der Waals surface area contributed by atoms with E-state index in [9.17, 15) is 27.2 Å². The Balaban J connectivity index is 2.28. The van der Waals surface area contributed by atoms with Crippen LogP contribution in [0.3, 0.4) is 0 Å². The van der Waals surface area contributed by atoms with Crippen molar-refractivity contribution in [3.05, 3.63) is 29.8 Å². The molecule has 2 N–H and O–H groups in total. The molecular weight excluding hydrogens is 356 g/mol. The summed E-state index contributed by atoms with van der Waals surface area (Å²) in [7, 11) is 1.44. The van der Waals surface area contributed by atoms with Crippen LogP contribution >= 0.6 is 0 Å². The molecule has 1 saturated carbocycles. The summed E-state index contributed by atoms with van der Waals surface area (Å²) in [5.41, 5.74) is -1.51. The summed E-state index contributed by atoms with van der Waals surface area (Å²) in [5.74, 6) is -1.91. The molecule has 2 rings (SSSR count). The van der Waals surface area contributed by atoms with Gasteiger partial charge in [-0.1, -0.05) is 31.4 Å². The Hall–Kier alpha value is -2.32. The lowest BCUT2D eigenvalue weighted by Crippen LogP contribution is -2.59. The second kappa shape index (κ2) is 7.92. The van der Waals surface area contributed by atoms with Crippen molar-refractivity contribution < 1.29 is 31.9 Å². The summed E-state index contributed by atoms with van der Waals surface area (Å²) < 4.78 is 55.3. The lowest BCUT2D eigenvalue weighted by Gasteiger charge is -2.36. The Labute approximate surface area is 148 Å². The maximum Gasteiger partial charge on any atom is 0.461 e. The van der Waals surface area contributed by atoms with E-state index in [0.29, 0.717) is 12.8 Å². The van der Waals surface area contributed by atoms with Gasteiger partial charge in [0.2, 0.25) is 5.91 Å². The van der Waals surface area contributed by atoms with Crippen molar-refractivity contribution >= 4 is 11.8 Å². The molecule has 0 atom stereocenters. The van der Waals surface area contributed by atoms with Gasteiger partial charge < -0.3 is 15.4 Å². The van der Waals surface area contributed by atoms with Crippen LogP contribution in [0.5, 0.6) is 5.75 Å². The van der Waals surface area contributed by atoms with Gasteiger partial charge in [-0.3, -0.25) is 9.59 Å². The van der Waals surface area contributed by atoms with Crippen molar-refractivity contribution in [3.8, 4) is 5.75 Å². The number of alkyl halides is 4. The smallest absolute Gasteiger partial charge is 0.427 e. The number of nitrogens with one attached hydrogen (secondary N) is 2. The van der Waals surface area contributed by atoms with Crippen LogP contribution in [0.15, 0.2) is 24.3 Å². The third-order valence-electron chi connectivity index (χ3n) is 4.35. The number of carbonyl (C=O) groups is 2. The number of amides is 2. The molecule has 1 aliphatic carbocycles. The number of carbonyl (C=O) groups excluding carboxylic acids is 2. The van der Waals surface area contributed by atoms with Gasteiger partial charge in [0.05, 0.1) is 5.56 Å². The molecule has 0 saturated heterocycles. The highest BCUT2D eigenvalue weighted by molar-refractivity contribution is 6.01. The van der Waals surface area contributed by atoms with Crippen LogP contribution in [0.2, 0.25) is 0 Å². The molecule has 2 amide bonds. The number of rotatable bonds is 6. The molecule has 0 aliphatic heterocycles. The molecule has 9 heteroatoms. The minimum absolute atomic E-state index is 0.346. The van der Waals surface area contributed by atoms with Crippen LogP contribution in [0.1, 0.15) is 42.5 Å². The first-order chi connectivity index (χ1) is 12.2. The van der Waals surface area contributed by atoms with Gasteiger partial charge in [-0.25, -0.2) is 0 Å². The molecule has 1 aromatic carbocycles. The molecule has 26 heavy (non-hydrogen) atoms. The van der Waals surface area contributed by atoms with E-state index in [0.717, 1.165) is 25.3 Å². The first-order valence-corrected chi connectivity index (χ1v) is 8.20. The van der Waals surface area contributed by atoms with E-state index >= 15 is 0 Å². The van der Waals surface area contributed by atoms with Crippen LogP contribution in [0.4, 0.5) is 17.6 Å². The molecule has 0 spiro atoms. The van der Waals surface area contributed by atoms with Crippen LogP contribution < -0.4 is 15.4 Å². The average molecular weight is 376 g/mol. The third-order valence-corrected chi connectivity index (χ3v) is 4.35.